The van der Waals surface area contributed by atoms with Crippen molar-refractivity contribution < 1.29 is 4.79 Å². The number of carbonyl (C=O) groups excluding carboxylic acids is 1. The molecule has 0 spiro atoms. The molecule has 1 aliphatic rings. The van der Waals surface area contributed by atoms with E-state index in [2.05, 4.69) is 16.5 Å². The zero-order valence-corrected chi connectivity index (χ0v) is 12.4. The minimum Gasteiger partial charge on any atom is -0.326 e. The van der Waals surface area contributed by atoms with Gasteiger partial charge in [0.25, 0.3) is 0 Å². The van der Waals surface area contributed by atoms with Crippen molar-refractivity contribution >= 4 is 11.6 Å². The van der Waals surface area contributed by atoms with Crippen molar-refractivity contribution in [2.75, 3.05) is 5.32 Å². The quantitative estimate of drug-likeness (QED) is 0.935. The van der Waals surface area contributed by atoms with E-state index in [1.54, 1.807) is 6.20 Å². The second-order valence-electron chi connectivity index (χ2n) is 5.74. The number of carbonyl (C=O) groups is 1. The van der Waals surface area contributed by atoms with Gasteiger partial charge in [-0.05, 0) is 55.9 Å². The van der Waals surface area contributed by atoms with Crippen LogP contribution in [0.5, 0.6) is 0 Å². The van der Waals surface area contributed by atoms with Crippen LogP contribution < -0.4 is 5.32 Å². The van der Waals surface area contributed by atoms with Crippen LogP contribution in [0.2, 0.25) is 0 Å². The fourth-order valence-electron chi connectivity index (χ4n) is 3.00. The first-order valence-corrected chi connectivity index (χ1v) is 7.64. The van der Waals surface area contributed by atoms with E-state index >= 15 is 0 Å². The van der Waals surface area contributed by atoms with Gasteiger partial charge in [-0.2, -0.15) is 5.10 Å². The summed E-state index contributed by atoms with van der Waals surface area (Å²) < 4.78 is 1.82. The number of nitrogens with one attached hydrogen (secondary N) is 1. The number of anilines is 1. The molecule has 0 fully saturated rings. The van der Waals surface area contributed by atoms with Crippen LogP contribution in [-0.2, 0) is 17.6 Å². The molecule has 0 radical (unpaired) electrons. The lowest BCUT2D eigenvalue weighted by molar-refractivity contribution is -0.116. The molecule has 1 aliphatic carbocycles. The summed E-state index contributed by atoms with van der Waals surface area (Å²) in [6.07, 6.45) is 8.73. The van der Waals surface area contributed by atoms with Crippen LogP contribution in [-0.4, -0.2) is 15.7 Å². The third-order valence-corrected chi connectivity index (χ3v) is 4.13. The number of amides is 1. The van der Waals surface area contributed by atoms with Crippen molar-refractivity contribution in [3.63, 3.8) is 0 Å². The summed E-state index contributed by atoms with van der Waals surface area (Å²) >= 11 is 0. The normalized spacial score (nSPS) is 15.3. The molecule has 0 saturated carbocycles. The molecule has 4 nitrogen and oxygen atoms in total. The topological polar surface area (TPSA) is 46.9 Å². The van der Waals surface area contributed by atoms with Gasteiger partial charge in [0.05, 0.1) is 6.04 Å². The van der Waals surface area contributed by atoms with Gasteiger partial charge in [-0.25, -0.2) is 0 Å². The molecule has 2 aromatic rings. The van der Waals surface area contributed by atoms with E-state index < -0.39 is 0 Å². The van der Waals surface area contributed by atoms with Crippen molar-refractivity contribution in [3.8, 4) is 0 Å². The molecule has 1 atom stereocenters. The second-order valence-corrected chi connectivity index (χ2v) is 5.74. The predicted molar refractivity (Wildman–Crippen MR) is 83.3 cm³/mol. The molecule has 0 aliphatic heterocycles. The Bertz CT molecular complexity index is 619. The Kier molecular flexibility index (Phi) is 4.04. The molecule has 110 valence electrons. The van der Waals surface area contributed by atoms with Crippen molar-refractivity contribution in [1.82, 2.24) is 9.78 Å². The van der Waals surface area contributed by atoms with Crippen molar-refractivity contribution in [3.05, 3.63) is 47.8 Å². The summed E-state index contributed by atoms with van der Waals surface area (Å²) in [7, 11) is 0. The SMILES string of the molecule is C[C@@H](CC(=O)Nc1cccc2c1CCCC2)n1cccn1. The van der Waals surface area contributed by atoms with Crippen LogP contribution >= 0.6 is 0 Å². The summed E-state index contributed by atoms with van der Waals surface area (Å²) in [6, 6.07) is 8.18. The van der Waals surface area contributed by atoms with Crippen LogP contribution in [0.1, 0.15) is 43.4 Å². The van der Waals surface area contributed by atoms with Gasteiger partial charge in [0, 0.05) is 24.5 Å². The van der Waals surface area contributed by atoms with E-state index in [0.717, 1.165) is 18.5 Å². The Labute approximate surface area is 125 Å². The smallest absolute Gasteiger partial charge is 0.226 e. The van der Waals surface area contributed by atoms with Crippen molar-refractivity contribution in [1.29, 1.82) is 0 Å². The number of hydrogen-bond acceptors (Lipinski definition) is 2. The zero-order chi connectivity index (χ0) is 14.7. The standard InChI is InChI=1S/C17H21N3O/c1-13(20-11-5-10-18-20)12-17(21)19-16-9-4-7-14-6-2-3-8-15(14)16/h4-5,7,9-11,13H,2-3,6,8,12H2,1H3,(H,19,21)/t13-/m0/s1. The van der Waals surface area contributed by atoms with Gasteiger partial charge in [-0.15, -0.1) is 0 Å². The Morgan fingerprint density at radius 3 is 3.00 bits per heavy atom. The lowest BCUT2D eigenvalue weighted by Gasteiger charge is -2.20. The van der Waals surface area contributed by atoms with Gasteiger partial charge < -0.3 is 5.32 Å². The van der Waals surface area contributed by atoms with Crippen LogP contribution in [0.3, 0.4) is 0 Å². The maximum Gasteiger partial charge on any atom is 0.226 e. The van der Waals surface area contributed by atoms with E-state index in [4.69, 9.17) is 0 Å². The molecule has 0 unspecified atom stereocenters. The van der Waals surface area contributed by atoms with Gasteiger partial charge in [0.15, 0.2) is 0 Å². The molecule has 1 N–H and O–H groups in total. The Morgan fingerprint density at radius 2 is 2.19 bits per heavy atom. The highest BCUT2D eigenvalue weighted by Gasteiger charge is 2.16. The molecular weight excluding hydrogens is 262 g/mol. The Balaban J connectivity index is 1.68. The number of aryl methyl sites for hydroxylation is 1. The first-order valence-electron chi connectivity index (χ1n) is 7.64. The lowest BCUT2D eigenvalue weighted by atomic mass is 9.90. The summed E-state index contributed by atoms with van der Waals surface area (Å²) in [5, 5.41) is 7.27. The molecule has 1 aromatic carbocycles. The zero-order valence-electron chi connectivity index (χ0n) is 12.4. The number of nitrogens with zero attached hydrogens (tertiary/aromatic N) is 2. The van der Waals surface area contributed by atoms with Gasteiger partial charge >= 0.3 is 0 Å². The van der Waals surface area contributed by atoms with E-state index in [0.29, 0.717) is 6.42 Å². The van der Waals surface area contributed by atoms with Crippen molar-refractivity contribution in [2.24, 2.45) is 0 Å². The maximum atomic E-state index is 12.3. The molecule has 0 saturated heterocycles. The van der Waals surface area contributed by atoms with Gasteiger partial charge in [0.2, 0.25) is 5.91 Å². The first kappa shape index (κ1) is 13.9. The molecule has 1 amide bonds. The van der Waals surface area contributed by atoms with Gasteiger partial charge in [-0.3, -0.25) is 9.48 Å². The molecule has 1 heterocycles. The summed E-state index contributed by atoms with van der Waals surface area (Å²) in [4.78, 5) is 12.3. The largest absolute Gasteiger partial charge is 0.326 e. The fraction of sp³-hybridized carbons (Fsp3) is 0.412. The minimum atomic E-state index is 0.0528. The maximum absolute atomic E-state index is 12.3. The highest BCUT2D eigenvalue weighted by molar-refractivity contribution is 5.92. The Morgan fingerprint density at radius 1 is 1.33 bits per heavy atom. The number of rotatable bonds is 4. The molecule has 3 rings (SSSR count). The number of hydrogen-bond donors (Lipinski definition) is 1. The van der Waals surface area contributed by atoms with Crippen LogP contribution in [0.15, 0.2) is 36.7 Å². The van der Waals surface area contributed by atoms with Crippen molar-refractivity contribution in [2.45, 2.75) is 45.1 Å². The third-order valence-electron chi connectivity index (χ3n) is 4.13. The minimum absolute atomic E-state index is 0.0528. The highest BCUT2D eigenvalue weighted by atomic mass is 16.1. The lowest BCUT2D eigenvalue weighted by Crippen LogP contribution is -2.19. The van der Waals surface area contributed by atoms with Crippen LogP contribution in [0.4, 0.5) is 5.69 Å². The Hall–Kier alpha value is -2.10. The molecule has 1 aromatic heterocycles. The number of aromatic nitrogens is 2. The summed E-state index contributed by atoms with van der Waals surface area (Å²) in [5.41, 5.74) is 3.70. The molecule has 4 heteroatoms. The van der Waals surface area contributed by atoms with E-state index in [-0.39, 0.29) is 11.9 Å². The molecule has 0 bridgehead atoms. The predicted octanol–water partition coefficient (Wildman–Crippen LogP) is 3.35. The first-order chi connectivity index (χ1) is 10.2. The highest BCUT2D eigenvalue weighted by Crippen LogP contribution is 2.28. The number of benzene rings is 1. The number of fused-ring (bicyclic) bond motifs is 1. The molecule has 21 heavy (non-hydrogen) atoms. The van der Waals surface area contributed by atoms with Crippen LogP contribution in [0.25, 0.3) is 0 Å². The summed E-state index contributed by atoms with van der Waals surface area (Å²) in [5.74, 6) is 0.0528. The van der Waals surface area contributed by atoms with Crippen LogP contribution in [0, 0.1) is 0 Å². The van der Waals surface area contributed by atoms with E-state index in [1.165, 1.54) is 24.0 Å². The van der Waals surface area contributed by atoms with E-state index in [9.17, 15) is 4.79 Å². The average molecular weight is 283 g/mol. The van der Waals surface area contributed by atoms with Gasteiger partial charge in [0.1, 0.15) is 0 Å². The average Bonchev–Trinajstić information content (AvgIpc) is 3.02. The fourth-order valence-corrected chi connectivity index (χ4v) is 3.00. The third kappa shape index (κ3) is 3.15. The molecular formula is C17H21N3O. The summed E-state index contributed by atoms with van der Waals surface area (Å²) in [6.45, 7) is 2.01. The monoisotopic (exact) mass is 283 g/mol. The van der Waals surface area contributed by atoms with E-state index in [1.807, 2.05) is 36.0 Å². The second kappa shape index (κ2) is 6.12. The van der Waals surface area contributed by atoms with Gasteiger partial charge in [-0.1, -0.05) is 12.1 Å².